The SMILES string of the molecule is C=C(c1ccc(-c2cnc(OCC3CCN(CC4(C(F)(F)F)CCC4)CC3)cn2)cc1F)N1CCCCC1.CC. The van der Waals surface area contributed by atoms with Gasteiger partial charge in [0.15, 0.2) is 0 Å². The van der Waals surface area contributed by atoms with Crippen LogP contribution in [0.15, 0.2) is 37.2 Å². The molecule has 0 N–H and O–H groups in total. The Labute approximate surface area is 235 Å². The van der Waals surface area contributed by atoms with Crippen LogP contribution in [0.1, 0.15) is 70.8 Å². The van der Waals surface area contributed by atoms with Crippen molar-refractivity contribution >= 4 is 5.70 Å². The Hall–Kier alpha value is -2.68. The molecule has 5 nitrogen and oxygen atoms in total. The molecule has 220 valence electrons. The highest BCUT2D eigenvalue weighted by Crippen LogP contribution is 2.53. The second-order valence-electron chi connectivity index (χ2n) is 11.1. The molecule has 0 unspecified atom stereocenters. The van der Waals surface area contributed by atoms with E-state index in [4.69, 9.17) is 4.74 Å². The van der Waals surface area contributed by atoms with Crippen molar-refractivity contribution in [1.29, 1.82) is 0 Å². The van der Waals surface area contributed by atoms with E-state index in [1.165, 1.54) is 18.7 Å². The zero-order valence-corrected chi connectivity index (χ0v) is 23.8. The summed E-state index contributed by atoms with van der Waals surface area (Å²) in [5, 5.41) is 0. The Bertz CT molecular complexity index is 1100. The summed E-state index contributed by atoms with van der Waals surface area (Å²) in [5.74, 6) is 0.327. The number of rotatable bonds is 8. The molecule has 0 radical (unpaired) electrons. The van der Waals surface area contributed by atoms with Gasteiger partial charge in [0, 0.05) is 36.5 Å². The minimum absolute atomic E-state index is 0.116. The van der Waals surface area contributed by atoms with Crippen molar-refractivity contribution < 1.29 is 22.3 Å². The third-order valence-corrected chi connectivity index (χ3v) is 8.55. The Balaban J connectivity index is 0.00000181. The molecule has 0 spiro atoms. The van der Waals surface area contributed by atoms with Gasteiger partial charge in [-0.1, -0.05) is 32.9 Å². The second-order valence-corrected chi connectivity index (χ2v) is 11.1. The van der Waals surface area contributed by atoms with Gasteiger partial charge in [-0.2, -0.15) is 13.2 Å². The van der Waals surface area contributed by atoms with E-state index in [0.717, 1.165) is 44.5 Å². The van der Waals surface area contributed by atoms with Crippen LogP contribution in [0.5, 0.6) is 5.88 Å². The first kappa shape index (κ1) is 30.3. The number of hydrogen-bond donors (Lipinski definition) is 0. The largest absolute Gasteiger partial charge is 0.476 e. The van der Waals surface area contributed by atoms with Crippen LogP contribution in [0, 0.1) is 17.2 Å². The fraction of sp³-hybridized carbons (Fsp3) is 0.613. The molecule has 0 atom stereocenters. The third kappa shape index (κ3) is 6.96. The number of hydrogen-bond acceptors (Lipinski definition) is 5. The molecule has 1 aliphatic carbocycles. The predicted octanol–water partition coefficient (Wildman–Crippen LogP) is 7.59. The van der Waals surface area contributed by atoms with E-state index >= 15 is 0 Å². The first-order valence-corrected chi connectivity index (χ1v) is 14.7. The van der Waals surface area contributed by atoms with Gasteiger partial charge < -0.3 is 14.5 Å². The highest BCUT2D eigenvalue weighted by atomic mass is 19.4. The average Bonchev–Trinajstić information content (AvgIpc) is 2.95. The molecule has 5 rings (SSSR count). The van der Waals surface area contributed by atoms with E-state index < -0.39 is 11.6 Å². The maximum atomic E-state index is 14.9. The van der Waals surface area contributed by atoms with Gasteiger partial charge in [0.05, 0.1) is 30.1 Å². The van der Waals surface area contributed by atoms with Gasteiger partial charge in [-0.05, 0) is 76.1 Å². The molecule has 1 aromatic heterocycles. The van der Waals surface area contributed by atoms with E-state index in [2.05, 4.69) is 21.4 Å². The van der Waals surface area contributed by atoms with Crippen molar-refractivity contribution in [2.75, 3.05) is 39.3 Å². The lowest BCUT2D eigenvalue weighted by atomic mass is 9.67. The fourth-order valence-corrected chi connectivity index (χ4v) is 5.86. The molecule has 3 heterocycles. The topological polar surface area (TPSA) is 41.5 Å². The van der Waals surface area contributed by atoms with Crippen LogP contribution in [0.25, 0.3) is 17.0 Å². The van der Waals surface area contributed by atoms with Gasteiger partial charge in [-0.15, -0.1) is 0 Å². The molecule has 40 heavy (non-hydrogen) atoms. The lowest BCUT2D eigenvalue weighted by Gasteiger charge is -2.47. The van der Waals surface area contributed by atoms with E-state index in [9.17, 15) is 17.6 Å². The van der Waals surface area contributed by atoms with E-state index in [1.807, 2.05) is 24.8 Å². The normalized spacial score (nSPS) is 19.8. The third-order valence-electron chi connectivity index (χ3n) is 8.55. The van der Waals surface area contributed by atoms with Gasteiger partial charge in [0.1, 0.15) is 5.82 Å². The molecular formula is C31H42F4N4O. The zero-order chi connectivity index (χ0) is 28.8. The molecule has 2 saturated heterocycles. The molecule has 2 aromatic rings. The Morgan fingerprint density at radius 2 is 1.70 bits per heavy atom. The summed E-state index contributed by atoms with van der Waals surface area (Å²) in [6.07, 6.45) is 5.15. The summed E-state index contributed by atoms with van der Waals surface area (Å²) in [4.78, 5) is 12.9. The van der Waals surface area contributed by atoms with Crippen LogP contribution in [0.3, 0.4) is 0 Å². The van der Waals surface area contributed by atoms with Crippen molar-refractivity contribution in [3.63, 3.8) is 0 Å². The van der Waals surface area contributed by atoms with Crippen molar-refractivity contribution in [2.24, 2.45) is 11.3 Å². The average molecular weight is 563 g/mol. The lowest BCUT2D eigenvalue weighted by molar-refractivity contribution is -0.256. The number of nitrogens with zero attached hydrogens (tertiary/aromatic N) is 4. The lowest BCUT2D eigenvalue weighted by Crippen LogP contribution is -2.53. The number of likely N-dealkylation sites (tertiary alicyclic amines) is 2. The van der Waals surface area contributed by atoms with Gasteiger partial charge >= 0.3 is 6.18 Å². The minimum atomic E-state index is -4.12. The summed E-state index contributed by atoms with van der Waals surface area (Å²) in [5.41, 5.74) is 0.910. The number of aromatic nitrogens is 2. The molecule has 0 bridgehead atoms. The Kier molecular flexibility index (Phi) is 10.1. The Morgan fingerprint density at radius 3 is 2.25 bits per heavy atom. The standard InChI is InChI=1S/C29H36F4N4O.C2H6/c1-21(37-12-3-2-4-13-37)24-7-6-23(16-25(24)30)26-17-35-27(18-34-26)38-19-22-8-14-36(15-9-22)20-28(10-5-11-28)29(31,32)33;1-2/h6-7,16-18,22H,1-5,8-15,19-20H2;1-2H3. The highest BCUT2D eigenvalue weighted by Gasteiger charge is 2.58. The number of halogens is 4. The molecule has 3 fully saturated rings. The number of benzene rings is 1. The highest BCUT2D eigenvalue weighted by molar-refractivity contribution is 5.67. The monoisotopic (exact) mass is 562 g/mol. The smallest absolute Gasteiger partial charge is 0.395 e. The summed E-state index contributed by atoms with van der Waals surface area (Å²) >= 11 is 0. The van der Waals surface area contributed by atoms with Gasteiger partial charge in [-0.3, -0.25) is 0 Å². The van der Waals surface area contributed by atoms with E-state index in [-0.39, 0.29) is 31.1 Å². The van der Waals surface area contributed by atoms with Crippen molar-refractivity contribution in [1.82, 2.24) is 19.8 Å². The van der Waals surface area contributed by atoms with E-state index in [1.54, 1.807) is 12.3 Å². The number of ether oxygens (including phenoxy) is 1. The van der Waals surface area contributed by atoms with Crippen LogP contribution in [0.4, 0.5) is 17.6 Å². The molecular weight excluding hydrogens is 520 g/mol. The van der Waals surface area contributed by atoms with Crippen LogP contribution in [-0.4, -0.2) is 65.3 Å². The number of alkyl halides is 3. The minimum Gasteiger partial charge on any atom is -0.476 e. The van der Waals surface area contributed by atoms with Gasteiger partial charge in [-0.25, -0.2) is 14.4 Å². The quantitative estimate of drug-likeness (QED) is 0.310. The molecule has 1 aromatic carbocycles. The van der Waals surface area contributed by atoms with Crippen LogP contribution in [-0.2, 0) is 0 Å². The van der Waals surface area contributed by atoms with Gasteiger partial charge in [0.25, 0.3) is 0 Å². The summed E-state index contributed by atoms with van der Waals surface area (Å²) < 4.78 is 61.2. The zero-order valence-electron chi connectivity index (χ0n) is 23.8. The van der Waals surface area contributed by atoms with Crippen molar-refractivity contribution in [2.45, 2.75) is 71.4 Å². The molecule has 9 heteroatoms. The van der Waals surface area contributed by atoms with Crippen LogP contribution >= 0.6 is 0 Å². The van der Waals surface area contributed by atoms with Crippen molar-refractivity contribution in [3.8, 4) is 17.1 Å². The maximum absolute atomic E-state index is 14.9. The maximum Gasteiger partial charge on any atom is 0.395 e. The fourth-order valence-electron chi connectivity index (χ4n) is 5.86. The molecule has 0 amide bonds. The van der Waals surface area contributed by atoms with E-state index in [0.29, 0.717) is 48.8 Å². The Morgan fingerprint density at radius 1 is 1.00 bits per heavy atom. The number of piperidine rings is 2. The summed E-state index contributed by atoms with van der Waals surface area (Å²) in [6, 6.07) is 5.05. The molecule has 2 aliphatic heterocycles. The second kappa shape index (κ2) is 13.3. The summed E-state index contributed by atoms with van der Waals surface area (Å²) in [7, 11) is 0. The van der Waals surface area contributed by atoms with Crippen molar-refractivity contribution in [3.05, 3.63) is 48.6 Å². The van der Waals surface area contributed by atoms with Crippen LogP contribution < -0.4 is 4.74 Å². The van der Waals surface area contributed by atoms with Gasteiger partial charge in [0.2, 0.25) is 5.88 Å². The molecule has 3 aliphatic rings. The first-order chi connectivity index (χ1) is 19.2. The summed E-state index contributed by atoms with van der Waals surface area (Å²) in [6.45, 7) is 11.8. The molecule has 1 saturated carbocycles. The van der Waals surface area contributed by atoms with Crippen LogP contribution in [0.2, 0.25) is 0 Å². The first-order valence-electron chi connectivity index (χ1n) is 14.7. The predicted molar refractivity (Wildman–Crippen MR) is 150 cm³/mol.